The van der Waals surface area contributed by atoms with Crippen molar-refractivity contribution in [3.05, 3.63) is 40.8 Å². The molecule has 0 bridgehead atoms. The Hall–Kier alpha value is -2.21. The molecule has 0 atom stereocenters. The lowest BCUT2D eigenvalue weighted by atomic mass is 10.2. The molecule has 0 saturated heterocycles. The van der Waals surface area contributed by atoms with Gasteiger partial charge in [0.1, 0.15) is 5.15 Å². The molecule has 19 heavy (non-hydrogen) atoms. The van der Waals surface area contributed by atoms with Crippen LogP contribution in [0.2, 0.25) is 5.15 Å². The van der Waals surface area contributed by atoms with Gasteiger partial charge >= 0.3 is 0 Å². The van der Waals surface area contributed by atoms with Crippen molar-refractivity contribution < 1.29 is 9.53 Å². The van der Waals surface area contributed by atoms with E-state index in [4.69, 9.17) is 16.3 Å². The molecule has 0 fully saturated rings. The van der Waals surface area contributed by atoms with E-state index in [0.717, 1.165) is 5.69 Å². The van der Waals surface area contributed by atoms with Crippen molar-refractivity contribution in [3.8, 4) is 5.88 Å². The molecule has 2 aromatic rings. The number of nitrogens with zero attached hydrogens (tertiary/aromatic N) is 3. The summed E-state index contributed by atoms with van der Waals surface area (Å²) in [6.07, 6.45) is 1.48. The molecular weight excluding hydrogens is 268 g/mol. The monoisotopic (exact) mass is 278 g/mol. The van der Waals surface area contributed by atoms with Crippen LogP contribution in [0.1, 0.15) is 16.1 Å². The van der Waals surface area contributed by atoms with E-state index >= 15 is 0 Å². The average Bonchev–Trinajstić information content (AvgIpc) is 2.38. The minimum absolute atomic E-state index is 0.0786. The van der Waals surface area contributed by atoms with Gasteiger partial charge < -0.3 is 4.74 Å². The third-order valence-electron chi connectivity index (χ3n) is 2.28. The third-order valence-corrected chi connectivity index (χ3v) is 2.47. The molecule has 6 nitrogen and oxygen atoms in total. The highest BCUT2D eigenvalue weighted by Crippen LogP contribution is 2.16. The summed E-state index contributed by atoms with van der Waals surface area (Å²) >= 11 is 5.78. The van der Waals surface area contributed by atoms with Crippen LogP contribution >= 0.6 is 11.6 Å². The molecule has 1 N–H and O–H groups in total. The van der Waals surface area contributed by atoms with Crippen LogP contribution in [0.15, 0.2) is 24.4 Å². The Bertz CT molecular complexity index is 601. The van der Waals surface area contributed by atoms with E-state index in [2.05, 4.69) is 20.3 Å². The number of nitrogens with one attached hydrogen (secondary N) is 1. The fraction of sp³-hybridized carbons (Fsp3) is 0.167. The normalized spacial score (nSPS) is 10.1. The van der Waals surface area contributed by atoms with Gasteiger partial charge in [0, 0.05) is 18.0 Å². The topological polar surface area (TPSA) is 77.0 Å². The first kappa shape index (κ1) is 13.2. The fourth-order valence-corrected chi connectivity index (χ4v) is 1.51. The molecule has 2 aromatic heterocycles. The van der Waals surface area contributed by atoms with Crippen molar-refractivity contribution in [2.45, 2.75) is 6.92 Å². The summed E-state index contributed by atoms with van der Waals surface area (Å²) in [4.78, 5) is 23.8. The standard InChI is InChI=1S/C12H11ClN4O2/c1-7-3-4-8(6-14-7)11(18)17-12-15-9(13)5-10(16-12)19-2/h3-6H,1-2H3,(H,15,16,17,18). The molecule has 0 saturated carbocycles. The maximum atomic E-state index is 11.9. The fourth-order valence-electron chi connectivity index (χ4n) is 1.33. The Labute approximate surface area is 114 Å². The first-order valence-electron chi connectivity index (χ1n) is 5.41. The van der Waals surface area contributed by atoms with Gasteiger partial charge in [0.15, 0.2) is 0 Å². The second-order valence-electron chi connectivity index (χ2n) is 3.70. The number of aromatic nitrogens is 3. The molecule has 2 rings (SSSR count). The smallest absolute Gasteiger partial charge is 0.259 e. The van der Waals surface area contributed by atoms with Gasteiger partial charge in [-0.05, 0) is 19.1 Å². The zero-order valence-corrected chi connectivity index (χ0v) is 11.1. The Balaban J connectivity index is 2.18. The predicted octanol–water partition coefficient (Wildman–Crippen LogP) is 2.09. The summed E-state index contributed by atoms with van der Waals surface area (Å²) in [7, 11) is 1.45. The number of anilines is 1. The molecule has 0 aliphatic carbocycles. The van der Waals surface area contributed by atoms with Gasteiger partial charge in [0.25, 0.3) is 5.91 Å². The van der Waals surface area contributed by atoms with Gasteiger partial charge in [-0.2, -0.15) is 4.98 Å². The first-order valence-corrected chi connectivity index (χ1v) is 5.79. The highest BCUT2D eigenvalue weighted by Gasteiger charge is 2.10. The Morgan fingerprint density at radius 2 is 2.16 bits per heavy atom. The van der Waals surface area contributed by atoms with Crippen LogP contribution in [0.4, 0.5) is 5.95 Å². The molecule has 0 spiro atoms. The molecule has 98 valence electrons. The lowest BCUT2D eigenvalue weighted by Crippen LogP contribution is -2.14. The summed E-state index contributed by atoms with van der Waals surface area (Å²) in [5.74, 6) is -0.0101. The first-order chi connectivity index (χ1) is 9.08. The molecule has 7 heteroatoms. The number of ether oxygens (including phenoxy) is 1. The zero-order chi connectivity index (χ0) is 13.8. The molecule has 0 aromatic carbocycles. The van der Waals surface area contributed by atoms with Crippen molar-refractivity contribution >= 4 is 23.5 Å². The van der Waals surface area contributed by atoms with Crippen molar-refractivity contribution in [2.24, 2.45) is 0 Å². The summed E-state index contributed by atoms with van der Waals surface area (Å²) < 4.78 is 4.94. The maximum Gasteiger partial charge on any atom is 0.259 e. The minimum atomic E-state index is -0.364. The quantitative estimate of drug-likeness (QED) is 0.870. The van der Waals surface area contributed by atoms with Gasteiger partial charge in [0.2, 0.25) is 11.8 Å². The van der Waals surface area contributed by atoms with Gasteiger partial charge in [-0.3, -0.25) is 15.1 Å². The van der Waals surface area contributed by atoms with Crippen LogP contribution in [-0.2, 0) is 0 Å². The lowest BCUT2D eigenvalue weighted by Gasteiger charge is -2.05. The Morgan fingerprint density at radius 1 is 1.37 bits per heavy atom. The van der Waals surface area contributed by atoms with Crippen molar-refractivity contribution in [3.63, 3.8) is 0 Å². The molecule has 0 aliphatic rings. The van der Waals surface area contributed by atoms with Gasteiger partial charge in [0.05, 0.1) is 12.7 Å². The molecule has 1 amide bonds. The molecule has 0 unspecified atom stereocenters. The number of hydrogen-bond acceptors (Lipinski definition) is 5. The number of methoxy groups -OCH3 is 1. The van der Waals surface area contributed by atoms with E-state index in [1.54, 1.807) is 12.1 Å². The Morgan fingerprint density at radius 3 is 2.79 bits per heavy atom. The number of carbonyl (C=O) groups excluding carboxylic acids is 1. The largest absolute Gasteiger partial charge is 0.481 e. The zero-order valence-electron chi connectivity index (χ0n) is 10.3. The summed E-state index contributed by atoms with van der Waals surface area (Å²) in [5.41, 5.74) is 1.24. The molecule has 2 heterocycles. The number of amides is 1. The Kier molecular flexibility index (Phi) is 3.91. The second-order valence-corrected chi connectivity index (χ2v) is 4.09. The average molecular weight is 279 g/mol. The van der Waals surface area contributed by atoms with Crippen LogP contribution in [0.5, 0.6) is 5.88 Å². The molecule has 0 aliphatic heterocycles. The van der Waals surface area contributed by atoms with Gasteiger partial charge in [-0.15, -0.1) is 0 Å². The molecule has 0 radical (unpaired) electrons. The number of pyridine rings is 1. The van der Waals surface area contributed by atoms with Crippen molar-refractivity contribution in [1.29, 1.82) is 0 Å². The summed E-state index contributed by atoms with van der Waals surface area (Å²) in [5, 5.41) is 2.71. The number of carbonyl (C=O) groups is 1. The minimum Gasteiger partial charge on any atom is -0.481 e. The van der Waals surface area contributed by atoms with Crippen molar-refractivity contribution in [1.82, 2.24) is 15.0 Å². The van der Waals surface area contributed by atoms with Crippen LogP contribution in [-0.4, -0.2) is 28.0 Å². The SMILES string of the molecule is COc1cc(Cl)nc(NC(=O)c2ccc(C)nc2)n1. The van der Waals surface area contributed by atoms with Crippen molar-refractivity contribution in [2.75, 3.05) is 12.4 Å². The number of halogens is 1. The maximum absolute atomic E-state index is 11.9. The van der Waals surface area contributed by atoms with E-state index in [0.29, 0.717) is 5.56 Å². The van der Waals surface area contributed by atoms with E-state index < -0.39 is 0 Å². The van der Waals surface area contributed by atoms with Crippen LogP contribution < -0.4 is 10.1 Å². The van der Waals surface area contributed by atoms with Gasteiger partial charge in [-0.1, -0.05) is 11.6 Å². The highest BCUT2D eigenvalue weighted by molar-refractivity contribution is 6.29. The number of aryl methyl sites for hydroxylation is 1. The summed E-state index contributed by atoms with van der Waals surface area (Å²) in [6, 6.07) is 4.86. The van der Waals surface area contributed by atoms with E-state index in [1.807, 2.05) is 6.92 Å². The van der Waals surface area contributed by atoms with Gasteiger partial charge in [-0.25, -0.2) is 4.98 Å². The van der Waals surface area contributed by atoms with E-state index in [-0.39, 0.29) is 22.9 Å². The molecular formula is C12H11ClN4O2. The van der Waals surface area contributed by atoms with Crippen LogP contribution in [0.3, 0.4) is 0 Å². The highest BCUT2D eigenvalue weighted by atomic mass is 35.5. The van der Waals surface area contributed by atoms with E-state index in [9.17, 15) is 4.79 Å². The second kappa shape index (κ2) is 5.62. The van der Waals surface area contributed by atoms with Crippen LogP contribution in [0, 0.1) is 6.92 Å². The van der Waals surface area contributed by atoms with Crippen LogP contribution in [0.25, 0.3) is 0 Å². The number of hydrogen-bond donors (Lipinski definition) is 1. The number of rotatable bonds is 3. The summed E-state index contributed by atoms with van der Waals surface area (Å²) in [6.45, 7) is 1.84. The third kappa shape index (κ3) is 3.38. The lowest BCUT2D eigenvalue weighted by molar-refractivity contribution is 0.102. The van der Waals surface area contributed by atoms with E-state index in [1.165, 1.54) is 19.4 Å². The predicted molar refractivity (Wildman–Crippen MR) is 70.5 cm³/mol.